The third kappa shape index (κ3) is 6.45. The number of halogens is 2. The van der Waals surface area contributed by atoms with Crippen molar-refractivity contribution in [1.29, 1.82) is 0 Å². The summed E-state index contributed by atoms with van der Waals surface area (Å²) in [5.41, 5.74) is 9.95. The largest absolute Gasteiger partial charge is 0.494 e. The van der Waals surface area contributed by atoms with E-state index in [1.165, 1.54) is 0 Å². The second-order valence-corrected chi connectivity index (χ2v) is 16.7. The number of ether oxygens (including phenoxy) is 1. The first-order valence-corrected chi connectivity index (χ1v) is 20.1. The molecule has 5 heterocycles. The molecule has 10 nitrogen and oxygen atoms in total. The molecule has 2 atom stereocenters. The SMILES string of the molecule is Cc1cc(OCCCc2c3n(c4c(-c5c(C)nn(C)c5C)c(Cl)ccc24)[C@H](C)CN(c2cn(C[C@@H]4CCN(C)C4)c4ccc(C(=O)O)cc24)C3=O)cc(C)c1Cl. The number of benzene rings is 3. The maximum absolute atomic E-state index is 15.3. The number of carbonyl (C=O) groups is 2. The molecular formula is C44H48Cl2N6O4. The van der Waals surface area contributed by atoms with E-state index in [0.717, 1.165) is 104 Å². The highest BCUT2D eigenvalue weighted by Crippen LogP contribution is 2.46. The number of carboxylic acids is 1. The molecule has 1 N–H and O–H groups in total. The molecule has 2 aliphatic rings. The summed E-state index contributed by atoms with van der Waals surface area (Å²) in [5, 5.41) is 17.8. The van der Waals surface area contributed by atoms with Crippen molar-refractivity contribution in [1.82, 2.24) is 23.8 Å². The molecule has 56 heavy (non-hydrogen) atoms. The number of hydrogen-bond donors (Lipinski definition) is 1. The molecule has 2 aliphatic heterocycles. The number of amides is 1. The number of nitrogens with zero attached hydrogens (tertiary/aromatic N) is 6. The van der Waals surface area contributed by atoms with Crippen molar-refractivity contribution < 1.29 is 19.4 Å². The van der Waals surface area contributed by atoms with Crippen LogP contribution in [-0.2, 0) is 20.0 Å². The van der Waals surface area contributed by atoms with E-state index in [4.69, 9.17) is 33.0 Å². The molecule has 12 heteroatoms. The van der Waals surface area contributed by atoms with Crippen LogP contribution < -0.4 is 9.64 Å². The molecule has 0 bridgehead atoms. The van der Waals surface area contributed by atoms with Gasteiger partial charge in [-0.15, -0.1) is 0 Å². The van der Waals surface area contributed by atoms with E-state index >= 15 is 4.79 Å². The molecule has 1 saturated heterocycles. The Morgan fingerprint density at radius 3 is 2.39 bits per heavy atom. The number of carboxylic acid groups (broad SMARTS) is 1. The van der Waals surface area contributed by atoms with E-state index in [1.807, 2.05) is 74.7 Å². The van der Waals surface area contributed by atoms with Gasteiger partial charge >= 0.3 is 5.97 Å². The number of fused-ring (bicyclic) bond motifs is 4. The molecule has 3 aromatic heterocycles. The van der Waals surface area contributed by atoms with Crippen LogP contribution >= 0.6 is 23.2 Å². The van der Waals surface area contributed by atoms with Crippen LogP contribution in [0.15, 0.2) is 48.7 Å². The van der Waals surface area contributed by atoms with Gasteiger partial charge in [0.05, 0.1) is 39.6 Å². The lowest BCUT2D eigenvalue weighted by atomic mass is 9.98. The minimum absolute atomic E-state index is 0.124. The molecule has 0 radical (unpaired) electrons. The zero-order chi connectivity index (χ0) is 39.7. The molecule has 3 aromatic carbocycles. The average Bonchev–Trinajstić information content (AvgIpc) is 3.89. The highest BCUT2D eigenvalue weighted by atomic mass is 35.5. The molecule has 0 unspecified atom stereocenters. The minimum Gasteiger partial charge on any atom is -0.494 e. The van der Waals surface area contributed by atoms with Crippen LogP contribution in [0.3, 0.4) is 0 Å². The van der Waals surface area contributed by atoms with E-state index in [-0.39, 0.29) is 17.5 Å². The summed E-state index contributed by atoms with van der Waals surface area (Å²) in [6, 6.07) is 13.0. The molecule has 8 rings (SSSR count). The fraction of sp³-hybridized carbons (Fsp3) is 0.386. The first-order valence-electron chi connectivity index (χ1n) is 19.3. The van der Waals surface area contributed by atoms with Crippen LogP contribution in [0.25, 0.3) is 32.9 Å². The monoisotopic (exact) mass is 794 g/mol. The zero-order valence-electron chi connectivity index (χ0n) is 33.0. The molecule has 1 fully saturated rings. The van der Waals surface area contributed by atoms with E-state index in [1.54, 1.807) is 12.1 Å². The van der Waals surface area contributed by atoms with Gasteiger partial charge in [0.2, 0.25) is 0 Å². The molecular weight excluding hydrogens is 747 g/mol. The van der Waals surface area contributed by atoms with Crippen LogP contribution in [0.4, 0.5) is 5.69 Å². The van der Waals surface area contributed by atoms with Crippen LogP contribution in [0.5, 0.6) is 5.75 Å². The third-order valence-electron chi connectivity index (χ3n) is 11.9. The van der Waals surface area contributed by atoms with E-state index < -0.39 is 5.97 Å². The van der Waals surface area contributed by atoms with Crippen LogP contribution in [0, 0.1) is 33.6 Å². The highest BCUT2D eigenvalue weighted by Gasteiger charge is 2.38. The highest BCUT2D eigenvalue weighted by molar-refractivity contribution is 6.35. The van der Waals surface area contributed by atoms with Gasteiger partial charge in [-0.25, -0.2) is 4.79 Å². The van der Waals surface area contributed by atoms with E-state index in [2.05, 4.69) is 34.2 Å². The van der Waals surface area contributed by atoms with Gasteiger partial charge in [0.1, 0.15) is 11.4 Å². The molecule has 1 amide bonds. The lowest BCUT2D eigenvalue weighted by Crippen LogP contribution is -2.42. The van der Waals surface area contributed by atoms with Crippen molar-refractivity contribution in [2.75, 3.05) is 38.2 Å². The van der Waals surface area contributed by atoms with E-state index in [9.17, 15) is 9.90 Å². The van der Waals surface area contributed by atoms with Gasteiger partial charge in [-0.1, -0.05) is 29.3 Å². The Balaban J connectivity index is 1.26. The Bertz CT molecular complexity index is 2540. The van der Waals surface area contributed by atoms with E-state index in [0.29, 0.717) is 42.6 Å². The van der Waals surface area contributed by atoms with Crippen LogP contribution in [-0.4, -0.2) is 74.1 Å². The Kier molecular flexibility index (Phi) is 9.96. The Morgan fingerprint density at radius 1 is 0.982 bits per heavy atom. The first kappa shape index (κ1) is 38.1. The first-order chi connectivity index (χ1) is 26.7. The van der Waals surface area contributed by atoms with Crippen molar-refractivity contribution in [3.05, 3.63) is 98.0 Å². The van der Waals surface area contributed by atoms with Gasteiger partial charge in [-0.2, -0.15) is 5.10 Å². The van der Waals surface area contributed by atoms with Gasteiger partial charge in [0, 0.05) is 71.5 Å². The van der Waals surface area contributed by atoms with Gasteiger partial charge in [0.15, 0.2) is 0 Å². The van der Waals surface area contributed by atoms with Crippen LogP contribution in [0.2, 0.25) is 10.0 Å². The normalized spacial score (nSPS) is 17.4. The summed E-state index contributed by atoms with van der Waals surface area (Å²) in [6.07, 6.45) is 4.40. The molecule has 0 saturated carbocycles. The van der Waals surface area contributed by atoms with Gasteiger partial charge in [-0.05, 0) is 126 Å². The summed E-state index contributed by atoms with van der Waals surface area (Å²) in [6.45, 7) is 13.8. The maximum Gasteiger partial charge on any atom is 0.335 e. The average molecular weight is 796 g/mol. The number of aromatic nitrogens is 4. The topological polar surface area (TPSA) is 97.8 Å². The van der Waals surface area contributed by atoms with Gasteiger partial charge in [0.25, 0.3) is 5.91 Å². The number of carbonyl (C=O) groups excluding carboxylic acids is 1. The molecule has 0 spiro atoms. The summed E-state index contributed by atoms with van der Waals surface area (Å²) in [4.78, 5) is 31.8. The fourth-order valence-electron chi connectivity index (χ4n) is 9.17. The summed E-state index contributed by atoms with van der Waals surface area (Å²) in [5.74, 6) is 0.0989. The van der Waals surface area contributed by atoms with Crippen molar-refractivity contribution in [2.45, 2.75) is 66.5 Å². The standard InChI is InChI=1S/C44H48Cl2N6O4/c1-24-17-31(18-25(2)40(24)46)56-16-8-9-32-33-11-12-35(45)39(38-27(4)47-49(7)28(38)5)41(33)52-26(3)20-51(43(53)42(32)52)37-23-50(22-29-14-15-48(6)21-29)36-13-10-30(44(54)55)19-34(36)37/h10-13,17-19,23,26,29H,8-9,14-16,20-22H2,1-7H3,(H,54,55)/t26-,29-/m1/s1. The fourth-order valence-corrected chi connectivity index (χ4v) is 9.52. The van der Waals surface area contributed by atoms with Gasteiger partial charge in [-0.3, -0.25) is 9.48 Å². The van der Waals surface area contributed by atoms with Crippen molar-refractivity contribution in [3.63, 3.8) is 0 Å². The lowest BCUT2D eigenvalue weighted by Gasteiger charge is -2.34. The molecule has 292 valence electrons. The van der Waals surface area contributed by atoms with Crippen molar-refractivity contribution >= 4 is 62.6 Å². The summed E-state index contributed by atoms with van der Waals surface area (Å²) >= 11 is 13.6. The minimum atomic E-state index is -1.000. The van der Waals surface area contributed by atoms with Crippen LogP contribution in [0.1, 0.15) is 74.7 Å². The zero-order valence-corrected chi connectivity index (χ0v) is 34.6. The predicted octanol–water partition coefficient (Wildman–Crippen LogP) is 9.42. The second kappa shape index (κ2) is 14.6. The Hall–Kier alpha value is -4.77. The second-order valence-electron chi connectivity index (χ2n) is 15.9. The smallest absolute Gasteiger partial charge is 0.335 e. The quantitative estimate of drug-likeness (QED) is 0.139. The Labute approximate surface area is 337 Å². The number of aromatic carboxylic acids is 1. The summed E-state index contributed by atoms with van der Waals surface area (Å²) in [7, 11) is 4.08. The number of likely N-dealkylation sites (tertiary alicyclic amines) is 1. The molecule has 6 aromatic rings. The third-order valence-corrected chi connectivity index (χ3v) is 12.8. The number of rotatable bonds is 10. The lowest BCUT2D eigenvalue weighted by molar-refractivity contribution is 0.0696. The van der Waals surface area contributed by atoms with Crippen molar-refractivity contribution in [2.24, 2.45) is 13.0 Å². The number of anilines is 1. The maximum atomic E-state index is 15.3. The number of hydrogen-bond acceptors (Lipinski definition) is 5. The number of aryl methyl sites for hydroxylation is 5. The molecule has 0 aliphatic carbocycles. The predicted molar refractivity (Wildman–Crippen MR) is 224 cm³/mol. The Morgan fingerprint density at radius 2 is 1.73 bits per heavy atom. The summed E-state index contributed by atoms with van der Waals surface area (Å²) < 4.78 is 12.5. The van der Waals surface area contributed by atoms with Crippen molar-refractivity contribution in [3.8, 4) is 16.9 Å². The van der Waals surface area contributed by atoms with Gasteiger partial charge < -0.3 is 28.8 Å².